The minimum Gasteiger partial charge on any atom is -0.497 e. The number of ether oxygens (including phenoxy) is 1. The molecule has 1 fully saturated rings. The number of amides is 1. The average Bonchev–Trinajstić information content (AvgIpc) is 2.54. The summed E-state index contributed by atoms with van der Waals surface area (Å²) in [5.74, 6) is 3.70. The van der Waals surface area contributed by atoms with Crippen LogP contribution < -0.4 is 10.1 Å². The zero-order chi connectivity index (χ0) is 15.1. The zero-order valence-corrected chi connectivity index (χ0v) is 12.5. The lowest BCUT2D eigenvalue weighted by molar-refractivity contribution is -0.126. The second kappa shape index (κ2) is 7.70. The highest BCUT2D eigenvalue weighted by atomic mass is 16.5. The van der Waals surface area contributed by atoms with Crippen molar-refractivity contribution in [3.8, 4) is 18.1 Å². The number of rotatable bonds is 5. The number of terminal acetylenes is 1. The van der Waals surface area contributed by atoms with Crippen molar-refractivity contribution < 1.29 is 9.53 Å². The molecular formula is C17H22N2O2. The smallest absolute Gasteiger partial charge is 0.223 e. The Kier molecular flexibility index (Phi) is 5.65. The molecule has 21 heavy (non-hydrogen) atoms. The zero-order valence-electron chi connectivity index (χ0n) is 12.5. The lowest BCUT2D eigenvalue weighted by Gasteiger charge is -2.29. The van der Waals surface area contributed by atoms with E-state index < -0.39 is 0 Å². The summed E-state index contributed by atoms with van der Waals surface area (Å²) < 4.78 is 5.18. The third-order valence-electron chi connectivity index (χ3n) is 3.87. The molecule has 1 saturated heterocycles. The molecule has 4 nitrogen and oxygen atoms in total. The number of nitrogens with one attached hydrogen (secondary N) is 1. The molecular weight excluding hydrogens is 264 g/mol. The van der Waals surface area contributed by atoms with Gasteiger partial charge in [0.25, 0.3) is 0 Å². The van der Waals surface area contributed by atoms with Crippen LogP contribution in [-0.2, 0) is 11.3 Å². The van der Waals surface area contributed by atoms with Crippen molar-refractivity contribution in [2.45, 2.75) is 19.4 Å². The van der Waals surface area contributed by atoms with Gasteiger partial charge >= 0.3 is 0 Å². The van der Waals surface area contributed by atoms with Crippen LogP contribution in [0.15, 0.2) is 24.3 Å². The van der Waals surface area contributed by atoms with Crippen LogP contribution in [0.3, 0.4) is 0 Å². The van der Waals surface area contributed by atoms with E-state index in [0.717, 1.165) is 37.2 Å². The molecule has 1 aromatic rings. The molecule has 0 saturated carbocycles. The topological polar surface area (TPSA) is 41.6 Å². The van der Waals surface area contributed by atoms with Gasteiger partial charge in [0, 0.05) is 12.5 Å². The van der Waals surface area contributed by atoms with E-state index in [0.29, 0.717) is 13.1 Å². The molecule has 0 radical (unpaired) electrons. The maximum atomic E-state index is 12.2. The van der Waals surface area contributed by atoms with Gasteiger partial charge in [-0.2, -0.15) is 0 Å². The van der Waals surface area contributed by atoms with Crippen LogP contribution in [0.4, 0.5) is 0 Å². The Balaban J connectivity index is 1.78. The van der Waals surface area contributed by atoms with Crippen LogP contribution in [0.1, 0.15) is 18.4 Å². The van der Waals surface area contributed by atoms with E-state index in [2.05, 4.69) is 16.1 Å². The molecule has 1 aliphatic heterocycles. The average molecular weight is 286 g/mol. The largest absolute Gasteiger partial charge is 0.497 e. The van der Waals surface area contributed by atoms with Crippen molar-refractivity contribution in [3.05, 3.63) is 29.8 Å². The van der Waals surface area contributed by atoms with Crippen molar-refractivity contribution in [3.63, 3.8) is 0 Å². The van der Waals surface area contributed by atoms with Gasteiger partial charge in [-0.05, 0) is 43.6 Å². The van der Waals surface area contributed by atoms with E-state index in [1.807, 2.05) is 24.3 Å². The standard InChI is InChI=1S/C17H22N2O2/c1-3-9-19-10-7-15(8-11-19)17(20)18-13-14-5-4-6-16(12-14)21-2/h1,4-6,12,15H,7-11,13H2,2H3,(H,18,20). The first-order valence-corrected chi connectivity index (χ1v) is 7.29. The lowest BCUT2D eigenvalue weighted by atomic mass is 9.96. The van der Waals surface area contributed by atoms with Gasteiger partial charge in [0.1, 0.15) is 5.75 Å². The molecule has 0 unspecified atom stereocenters. The van der Waals surface area contributed by atoms with E-state index in [1.165, 1.54) is 0 Å². The van der Waals surface area contributed by atoms with E-state index in [1.54, 1.807) is 7.11 Å². The summed E-state index contributed by atoms with van der Waals surface area (Å²) in [5, 5.41) is 3.01. The molecule has 112 valence electrons. The molecule has 0 atom stereocenters. The van der Waals surface area contributed by atoms with Gasteiger partial charge in [0.05, 0.1) is 13.7 Å². The minimum atomic E-state index is 0.102. The molecule has 1 aromatic carbocycles. The maximum absolute atomic E-state index is 12.2. The first-order valence-electron chi connectivity index (χ1n) is 7.29. The summed E-state index contributed by atoms with van der Waals surface area (Å²) >= 11 is 0. The highest BCUT2D eigenvalue weighted by Gasteiger charge is 2.24. The molecule has 1 amide bonds. The van der Waals surface area contributed by atoms with Crippen molar-refractivity contribution in [2.75, 3.05) is 26.7 Å². The second-order valence-electron chi connectivity index (χ2n) is 5.32. The van der Waals surface area contributed by atoms with E-state index in [9.17, 15) is 4.79 Å². The molecule has 0 bridgehead atoms. The van der Waals surface area contributed by atoms with Gasteiger partial charge in [-0.15, -0.1) is 6.42 Å². The third-order valence-corrected chi connectivity index (χ3v) is 3.87. The van der Waals surface area contributed by atoms with Crippen molar-refractivity contribution in [2.24, 2.45) is 5.92 Å². The Bertz CT molecular complexity index is 514. The molecule has 0 spiro atoms. The molecule has 1 aliphatic rings. The van der Waals surface area contributed by atoms with Crippen LogP contribution in [0.25, 0.3) is 0 Å². The van der Waals surface area contributed by atoms with Crippen molar-refractivity contribution >= 4 is 5.91 Å². The number of carbonyl (C=O) groups excluding carboxylic acids is 1. The predicted molar refractivity (Wildman–Crippen MR) is 82.8 cm³/mol. The fourth-order valence-corrected chi connectivity index (χ4v) is 2.60. The number of nitrogens with zero attached hydrogens (tertiary/aromatic N) is 1. The van der Waals surface area contributed by atoms with Crippen LogP contribution in [0.2, 0.25) is 0 Å². The molecule has 0 aliphatic carbocycles. The summed E-state index contributed by atoms with van der Waals surface area (Å²) in [5.41, 5.74) is 1.05. The van der Waals surface area contributed by atoms with Crippen LogP contribution in [0.5, 0.6) is 5.75 Å². The normalized spacial score (nSPS) is 16.2. The molecule has 1 N–H and O–H groups in total. The minimum absolute atomic E-state index is 0.102. The number of hydrogen-bond donors (Lipinski definition) is 1. The van der Waals surface area contributed by atoms with E-state index in [4.69, 9.17) is 11.2 Å². The Morgan fingerprint density at radius 1 is 1.48 bits per heavy atom. The molecule has 0 aromatic heterocycles. The summed E-state index contributed by atoms with van der Waals surface area (Å²) in [6, 6.07) is 7.75. The van der Waals surface area contributed by atoms with Crippen LogP contribution in [-0.4, -0.2) is 37.6 Å². The SMILES string of the molecule is C#CCN1CCC(C(=O)NCc2cccc(OC)c2)CC1. The highest BCUT2D eigenvalue weighted by Crippen LogP contribution is 2.17. The molecule has 4 heteroatoms. The summed E-state index contributed by atoms with van der Waals surface area (Å²) in [4.78, 5) is 14.4. The Morgan fingerprint density at radius 2 is 2.24 bits per heavy atom. The van der Waals surface area contributed by atoms with Crippen molar-refractivity contribution in [1.82, 2.24) is 10.2 Å². The number of piperidine rings is 1. The van der Waals surface area contributed by atoms with Gasteiger partial charge in [-0.1, -0.05) is 18.1 Å². The Labute approximate surface area is 126 Å². The Morgan fingerprint density at radius 3 is 2.90 bits per heavy atom. The summed E-state index contributed by atoms with van der Waals surface area (Å²) in [7, 11) is 1.64. The predicted octanol–water partition coefficient (Wildman–Crippen LogP) is 1.66. The van der Waals surface area contributed by atoms with Crippen LogP contribution in [0, 0.1) is 18.3 Å². The van der Waals surface area contributed by atoms with Crippen molar-refractivity contribution in [1.29, 1.82) is 0 Å². The summed E-state index contributed by atoms with van der Waals surface area (Å²) in [6.07, 6.45) is 7.07. The van der Waals surface area contributed by atoms with Gasteiger partial charge in [-0.3, -0.25) is 9.69 Å². The first kappa shape index (κ1) is 15.4. The molecule has 2 rings (SSSR count). The molecule has 1 heterocycles. The monoisotopic (exact) mass is 286 g/mol. The third kappa shape index (κ3) is 4.51. The fourth-order valence-electron chi connectivity index (χ4n) is 2.60. The Hall–Kier alpha value is -1.99. The number of hydrogen-bond acceptors (Lipinski definition) is 3. The van der Waals surface area contributed by atoms with E-state index >= 15 is 0 Å². The number of carbonyl (C=O) groups is 1. The second-order valence-corrected chi connectivity index (χ2v) is 5.32. The van der Waals surface area contributed by atoms with Gasteiger partial charge < -0.3 is 10.1 Å². The van der Waals surface area contributed by atoms with Gasteiger partial charge in [0.2, 0.25) is 5.91 Å². The van der Waals surface area contributed by atoms with E-state index in [-0.39, 0.29) is 11.8 Å². The number of methoxy groups -OCH3 is 1. The van der Waals surface area contributed by atoms with Gasteiger partial charge in [-0.25, -0.2) is 0 Å². The van der Waals surface area contributed by atoms with Gasteiger partial charge in [0.15, 0.2) is 0 Å². The van der Waals surface area contributed by atoms with Crippen LogP contribution >= 0.6 is 0 Å². The lowest BCUT2D eigenvalue weighted by Crippen LogP contribution is -2.40. The summed E-state index contributed by atoms with van der Waals surface area (Å²) in [6.45, 7) is 3.03. The fraction of sp³-hybridized carbons (Fsp3) is 0.471. The maximum Gasteiger partial charge on any atom is 0.223 e. The first-order chi connectivity index (χ1) is 10.2. The number of benzene rings is 1. The number of likely N-dealkylation sites (tertiary alicyclic amines) is 1. The quantitative estimate of drug-likeness (QED) is 0.837. The highest BCUT2D eigenvalue weighted by molar-refractivity contribution is 5.78.